The second-order valence-corrected chi connectivity index (χ2v) is 2.15. The van der Waals surface area contributed by atoms with Gasteiger partial charge in [0.2, 0.25) is 0 Å². The molecule has 0 saturated carbocycles. The third-order valence-corrected chi connectivity index (χ3v) is 1.30. The lowest BCUT2D eigenvalue weighted by atomic mass is 10.9. The first-order valence-electron chi connectivity index (χ1n) is 2.51. The van der Waals surface area contributed by atoms with Gasteiger partial charge in [-0.2, -0.15) is 0 Å². The van der Waals surface area contributed by atoms with Gasteiger partial charge in [0, 0.05) is 12.8 Å². The summed E-state index contributed by atoms with van der Waals surface area (Å²) in [7, 11) is 1.54. The van der Waals surface area contributed by atoms with E-state index in [2.05, 4.69) is 10.0 Å². The third kappa shape index (κ3) is 5.45. The van der Waals surface area contributed by atoms with Crippen molar-refractivity contribution in [3.05, 3.63) is 0 Å². The maximum absolute atomic E-state index is 10.4. The summed E-state index contributed by atoms with van der Waals surface area (Å²) < 4.78 is 2.44. The van der Waals surface area contributed by atoms with E-state index in [4.69, 9.17) is 5.11 Å². The number of carbonyl (C=O) groups is 1. The average Bonchev–Trinajstić information content (AvgIpc) is 1.89. The largest absolute Gasteiger partial charge is 0.395 e. The van der Waals surface area contributed by atoms with Crippen molar-refractivity contribution in [2.75, 3.05) is 19.4 Å². The molecular weight excluding hydrogens is 140 g/mol. The van der Waals surface area contributed by atoms with Gasteiger partial charge >= 0.3 is 6.03 Å². The fraction of sp³-hybridized carbons (Fsp3) is 0.750. The third-order valence-electron chi connectivity index (χ3n) is 0.585. The Morgan fingerprint density at radius 2 is 2.44 bits per heavy atom. The van der Waals surface area contributed by atoms with Gasteiger partial charge in [0.1, 0.15) is 0 Å². The lowest BCUT2D eigenvalue weighted by Gasteiger charge is -1.99. The molecule has 0 bridgehead atoms. The van der Waals surface area contributed by atoms with E-state index in [0.717, 1.165) is 0 Å². The summed E-state index contributed by atoms with van der Waals surface area (Å²) in [6.07, 6.45) is 0. The van der Waals surface area contributed by atoms with Gasteiger partial charge in [-0.3, -0.25) is 4.72 Å². The topological polar surface area (TPSA) is 61.4 Å². The lowest BCUT2D eigenvalue weighted by Crippen LogP contribution is -2.28. The van der Waals surface area contributed by atoms with E-state index >= 15 is 0 Å². The van der Waals surface area contributed by atoms with Crippen LogP contribution in [0, 0.1) is 0 Å². The van der Waals surface area contributed by atoms with Gasteiger partial charge < -0.3 is 10.4 Å². The first-order valence-corrected chi connectivity index (χ1v) is 3.50. The fourth-order valence-corrected chi connectivity index (χ4v) is 0.640. The van der Waals surface area contributed by atoms with Gasteiger partial charge in [-0.05, 0) is 11.9 Å². The minimum atomic E-state index is -0.242. The van der Waals surface area contributed by atoms with E-state index in [0.29, 0.717) is 5.75 Å². The van der Waals surface area contributed by atoms with Gasteiger partial charge in [0.05, 0.1) is 6.61 Å². The minimum absolute atomic E-state index is 0.0780. The number of aliphatic hydroxyl groups excluding tert-OH is 1. The Morgan fingerprint density at radius 3 is 2.89 bits per heavy atom. The SMILES string of the molecule is CNC(=O)NSCCO. The monoisotopic (exact) mass is 150 g/mol. The van der Waals surface area contributed by atoms with Crippen LogP contribution >= 0.6 is 11.9 Å². The number of aliphatic hydroxyl groups is 1. The molecule has 0 fully saturated rings. The highest BCUT2D eigenvalue weighted by Crippen LogP contribution is 1.88. The number of amides is 2. The maximum atomic E-state index is 10.4. The van der Waals surface area contributed by atoms with Crippen LogP contribution in [0.4, 0.5) is 4.79 Å². The lowest BCUT2D eigenvalue weighted by molar-refractivity contribution is 0.248. The normalized spacial score (nSPS) is 8.67. The van der Waals surface area contributed by atoms with E-state index in [1.54, 1.807) is 0 Å². The molecule has 0 rings (SSSR count). The number of urea groups is 1. The van der Waals surface area contributed by atoms with Crippen molar-refractivity contribution in [1.82, 2.24) is 10.0 Å². The van der Waals surface area contributed by atoms with Crippen LogP contribution in [-0.4, -0.2) is 30.5 Å². The molecule has 0 aromatic carbocycles. The Balaban J connectivity index is 2.97. The zero-order chi connectivity index (χ0) is 7.11. The molecule has 0 spiro atoms. The number of nitrogens with one attached hydrogen (secondary N) is 2. The molecule has 0 aliphatic rings. The predicted molar refractivity (Wildman–Crippen MR) is 37.1 cm³/mol. The molecule has 0 unspecified atom stereocenters. The molecule has 0 atom stereocenters. The van der Waals surface area contributed by atoms with Crippen LogP contribution in [0.3, 0.4) is 0 Å². The van der Waals surface area contributed by atoms with Gasteiger partial charge in [-0.15, -0.1) is 0 Å². The van der Waals surface area contributed by atoms with Crippen molar-refractivity contribution in [1.29, 1.82) is 0 Å². The highest BCUT2D eigenvalue weighted by atomic mass is 32.2. The van der Waals surface area contributed by atoms with Crippen LogP contribution in [0.2, 0.25) is 0 Å². The van der Waals surface area contributed by atoms with Crippen molar-refractivity contribution >= 4 is 18.0 Å². The number of hydrogen-bond donors (Lipinski definition) is 3. The average molecular weight is 150 g/mol. The zero-order valence-corrected chi connectivity index (χ0v) is 5.99. The Labute approximate surface area is 58.1 Å². The Bertz CT molecular complexity index is 88.6. The van der Waals surface area contributed by atoms with Crippen molar-refractivity contribution in [3.8, 4) is 0 Å². The Kier molecular flexibility index (Phi) is 5.45. The summed E-state index contributed by atoms with van der Waals surface area (Å²) in [5.41, 5.74) is 0. The van der Waals surface area contributed by atoms with E-state index in [9.17, 15) is 4.79 Å². The maximum Gasteiger partial charge on any atom is 0.324 e. The second kappa shape index (κ2) is 5.71. The summed E-state index contributed by atoms with van der Waals surface area (Å²) in [4.78, 5) is 10.4. The van der Waals surface area contributed by atoms with Crippen molar-refractivity contribution in [2.45, 2.75) is 0 Å². The van der Waals surface area contributed by atoms with Crippen LogP contribution in [-0.2, 0) is 0 Å². The summed E-state index contributed by atoms with van der Waals surface area (Å²) in [5.74, 6) is 0.521. The molecule has 0 saturated heterocycles. The van der Waals surface area contributed by atoms with Crippen LogP contribution in [0.25, 0.3) is 0 Å². The molecule has 0 aromatic rings. The number of rotatable bonds is 3. The first kappa shape index (κ1) is 8.58. The summed E-state index contributed by atoms with van der Waals surface area (Å²) >= 11 is 1.17. The van der Waals surface area contributed by atoms with Gasteiger partial charge in [-0.1, -0.05) is 0 Å². The summed E-state index contributed by atoms with van der Waals surface area (Å²) in [6, 6.07) is -0.242. The van der Waals surface area contributed by atoms with Crippen LogP contribution in [0.15, 0.2) is 0 Å². The van der Waals surface area contributed by atoms with Gasteiger partial charge in [0.25, 0.3) is 0 Å². The van der Waals surface area contributed by atoms with Crippen LogP contribution in [0.1, 0.15) is 0 Å². The molecule has 9 heavy (non-hydrogen) atoms. The second-order valence-electron chi connectivity index (χ2n) is 1.25. The summed E-state index contributed by atoms with van der Waals surface area (Å²) in [6.45, 7) is 0.0780. The molecule has 54 valence electrons. The molecular formula is C4H10N2O2S. The van der Waals surface area contributed by atoms with Crippen LogP contribution < -0.4 is 10.0 Å². The molecule has 0 aliphatic carbocycles. The van der Waals surface area contributed by atoms with Gasteiger partial charge in [-0.25, -0.2) is 4.79 Å². The van der Waals surface area contributed by atoms with Crippen LogP contribution in [0.5, 0.6) is 0 Å². The molecule has 3 N–H and O–H groups in total. The molecule has 4 nitrogen and oxygen atoms in total. The smallest absolute Gasteiger partial charge is 0.324 e. The van der Waals surface area contributed by atoms with Crippen molar-refractivity contribution in [3.63, 3.8) is 0 Å². The van der Waals surface area contributed by atoms with E-state index < -0.39 is 0 Å². The first-order chi connectivity index (χ1) is 4.31. The number of hydrogen-bond acceptors (Lipinski definition) is 3. The van der Waals surface area contributed by atoms with Crippen molar-refractivity contribution < 1.29 is 9.90 Å². The zero-order valence-electron chi connectivity index (χ0n) is 5.18. The standard InChI is InChI=1S/C4H10N2O2S/c1-5-4(8)6-9-3-2-7/h7H,2-3H2,1H3,(H2,5,6,8). The predicted octanol–water partition coefficient (Wildman–Crippen LogP) is -0.444. The highest BCUT2D eigenvalue weighted by Gasteiger charge is 1.92. The minimum Gasteiger partial charge on any atom is -0.395 e. The van der Waals surface area contributed by atoms with Gasteiger partial charge in [0.15, 0.2) is 0 Å². The molecule has 5 heteroatoms. The molecule has 0 aliphatic heterocycles. The van der Waals surface area contributed by atoms with E-state index in [1.165, 1.54) is 19.0 Å². The molecule has 0 heterocycles. The number of carbonyl (C=O) groups excluding carboxylic acids is 1. The molecule has 2 amide bonds. The summed E-state index contributed by atoms with van der Waals surface area (Å²) in [5, 5.41) is 10.6. The molecule has 0 aromatic heterocycles. The van der Waals surface area contributed by atoms with Crippen molar-refractivity contribution in [2.24, 2.45) is 0 Å². The highest BCUT2D eigenvalue weighted by molar-refractivity contribution is 7.97. The van der Waals surface area contributed by atoms with E-state index in [-0.39, 0.29) is 12.6 Å². The quantitative estimate of drug-likeness (QED) is 0.377. The van der Waals surface area contributed by atoms with E-state index in [1.807, 2.05) is 0 Å². The molecule has 0 radical (unpaired) electrons. The Hall–Kier alpha value is -0.420. The fourth-order valence-electron chi connectivity index (χ4n) is 0.213. The Morgan fingerprint density at radius 1 is 1.78 bits per heavy atom.